The predicted octanol–water partition coefficient (Wildman–Crippen LogP) is 2.92. The van der Waals surface area contributed by atoms with Crippen LogP contribution in [0.2, 0.25) is 0 Å². The molecule has 0 amide bonds. The van der Waals surface area contributed by atoms with Crippen molar-refractivity contribution in [3.8, 4) is 5.75 Å². The fraction of sp³-hybridized carbons (Fsp3) is 0.308. The Kier molecular flexibility index (Phi) is 5.34. The van der Waals surface area contributed by atoms with Gasteiger partial charge in [0.1, 0.15) is 5.75 Å². The van der Waals surface area contributed by atoms with Crippen molar-refractivity contribution in [1.82, 2.24) is 14.9 Å². The van der Waals surface area contributed by atoms with E-state index in [4.69, 9.17) is 21.7 Å². The highest BCUT2D eigenvalue weighted by Gasteiger charge is 2.15. The number of nitrogens with one attached hydrogen (secondary N) is 1. The number of methoxy groups -OCH3 is 2. The molecule has 1 heterocycles. The van der Waals surface area contributed by atoms with Gasteiger partial charge in [-0.2, -0.15) is 14.9 Å². The summed E-state index contributed by atoms with van der Waals surface area (Å²) >= 11 is 4.87. The van der Waals surface area contributed by atoms with Gasteiger partial charge >= 0.3 is 0 Å². The summed E-state index contributed by atoms with van der Waals surface area (Å²) in [6.45, 7) is 0.359. The lowest BCUT2D eigenvalue weighted by molar-refractivity contribution is 0.136. The first-order chi connectivity index (χ1) is 10.6. The van der Waals surface area contributed by atoms with E-state index < -0.39 is 12.2 Å². The molecule has 6 nitrogen and oxygen atoms in total. The van der Waals surface area contributed by atoms with E-state index in [1.54, 1.807) is 32.4 Å². The highest BCUT2D eigenvalue weighted by atomic mass is 32.1. The lowest BCUT2D eigenvalue weighted by Gasteiger charge is -2.08. The van der Waals surface area contributed by atoms with Crippen LogP contribution in [0.25, 0.3) is 0 Å². The normalized spacial score (nSPS) is 11.5. The summed E-state index contributed by atoms with van der Waals surface area (Å²) in [6.07, 6.45) is -1.36. The van der Waals surface area contributed by atoms with Gasteiger partial charge in [0.15, 0.2) is 0 Å². The summed E-state index contributed by atoms with van der Waals surface area (Å²) in [5, 5.41) is 9.68. The molecule has 0 spiro atoms. The van der Waals surface area contributed by atoms with Crippen molar-refractivity contribution in [2.75, 3.05) is 14.2 Å². The first-order valence-corrected chi connectivity index (χ1v) is 6.63. The number of hydrogen-bond donors (Lipinski definition) is 1. The molecule has 0 radical (unpaired) electrons. The number of H-pyrrole nitrogens is 1. The van der Waals surface area contributed by atoms with Crippen LogP contribution in [0.15, 0.2) is 23.3 Å². The number of hydrogen-bond acceptors (Lipinski definition) is 5. The quantitative estimate of drug-likeness (QED) is 0.654. The van der Waals surface area contributed by atoms with Crippen LogP contribution in [-0.4, -0.2) is 35.3 Å². The first kappa shape index (κ1) is 16.2. The van der Waals surface area contributed by atoms with Gasteiger partial charge in [-0.15, -0.1) is 0 Å². The van der Waals surface area contributed by atoms with Crippen LogP contribution in [0.5, 0.6) is 5.75 Å². The third kappa shape index (κ3) is 3.55. The van der Waals surface area contributed by atoms with Crippen molar-refractivity contribution >= 4 is 18.4 Å². The Bertz CT molecular complexity index is 727. The number of rotatable bonds is 6. The lowest BCUT2D eigenvalue weighted by Crippen LogP contribution is -2.00. The Morgan fingerprint density at radius 1 is 1.45 bits per heavy atom. The first-order valence-electron chi connectivity index (χ1n) is 6.22. The number of ether oxygens (including phenoxy) is 2. The molecular formula is C13H14F2N4O2S. The van der Waals surface area contributed by atoms with E-state index in [0.29, 0.717) is 17.9 Å². The molecule has 1 aromatic heterocycles. The van der Waals surface area contributed by atoms with Crippen LogP contribution in [0, 0.1) is 4.77 Å². The van der Waals surface area contributed by atoms with E-state index in [9.17, 15) is 8.78 Å². The maximum atomic E-state index is 12.8. The standard InChI is InChI=1S/C13H14F2N4O2S/c1-20-7-9-5-8(3-4-10(9)21-2)6-16-19-12(11(14)15)17-18-13(19)22/h3-6,11H,7H2,1-2H3,(H,18,22). The van der Waals surface area contributed by atoms with Gasteiger partial charge in [-0.3, -0.25) is 0 Å². The molecule has 0 saturated carbocycles. The van der Waals surface area contributed by atoms with Crippen LogP contribution in [0.3, 0.4) is 0 Å². The second-order valence-electron chi connectivity index (χ2n) is 4.25. The minimum atomic E-state index is -2.77. The summed E-state index contributed by atoms with van der Waals surface area (Å²) in [6, 6.07) is 5.28. The largest absolute Gasteiger partial charge is 0.496 e. The van der Waals surface area contributed by atoms with Crippen LogP contribution in [0.4, 0.5) is 8.78 Å². The molecule has 22 heavy (non-hydrogen) atoms. The third-order valence-electron chi connectivity index (χ3n) is 2.80. The lowest BCUT2D eigenvalue weighted by atomic mass is 10.1. The Morgan fingerprint density at radius 2 is 2.23 bits per heavy atom. The van der Waals surface area contributed by atoms with Crippen LogP contribution < -0.4 is 4.74 Å². The number of aromatic amines is 1. The molecule has 0 aliphatic carbocycles. The van der Waals surface area contributed by atoms with Gasteiger partial charge in [-0.1, -0.05) is 0 Å². The van der Waals surface area contributed by atoms with Crippen molar-refractivity contribution < 1.29 is 18.3 Å². The van der Waals surface area contributed by atoms with E-state index in [0.717, 1.165) is 10.2 Å². The number of benzene rings is 1. The molecule has 0 fully saturated rings. The second-order valence-corrected chi connectivity index (χ2v) is 4.64. The number of aromatic nitrogens is 3. The molecule has 0 aliphatic heterocycles. The number of halogens is 2. The van der Waals surface area contributed by atoms with Crippen LogP contribution in [0.1, 0.15) is 23.4 Å². The van der Waals surface area contributed by atoms with Crippen molar-refractivity contribution in [2.24, 2.45) is 5.10 Å². The van der Waals surface area contributed by atoms with Crippen molar-refractivity contribution in [3.05, 3.63) is 39.9 Å². The molecule has 0 bridgehead atoms. The fourth-order valence-electron chi connectivity index (χ4n) is 1.83. The number of nitrogens with zero attached hydrogens (tertiary/aromatic N) is 3. The highest BCUT2D eigenvalue weighted by molar-refractivity contribution is 7.71. The van der Waals surface area contributed by atoms with E-state index in [1.165, 1.54) is 6.21 Å². The zero-order chi connectivity index (χ0) is 16.1. The van der Waals surface area contributed by atoms with E-state index >= 15 is 0 Å². The van der Waals surface area contributed by atoms with E-state index in [-0.39, 0.29) is 4.77 Å². The molecule has 0 atom stereocenters. The summed E-state index contributed by atoms with van der Waals surface area (Å²) < 4.78 is 36.7. The minimum Gasteiger partial charge on any atom is -0.496 e. The average Bonchev–Trinajstić information content (AvgIpc) is 2.87. The Morgan fingerprint density at radius 3 is 2.86 bits per heavy atom. The Balaban J connectivity index is 2.33. The summed E-state index contributed by atoms with van der Waals surface area (Å²) in [5.41, 5.74) is 1.51. The second kappa shape index (κ2) is 7.23. The topological polar surface area (TPSA) is 64.4 Å². The van der Waals surface area contributed by atoms with Gasteiger partial charge in [0.25, 0.3) is 6.43 Å². The summed E-state index contributed by atoms with van der Waals surface area (Å²) in [5.74, 6) is 0.138. The van der Waals surface area contributed by atoms with Gasteiger partial charge in [0.2, 0.25) is 10.6 Å². The zero-order valence-electron chi connectivity index (χ0n) is 11.9. The monoisotopic (exact) mass is 328 g/mol. The van der Waals surface area contributed by atoms with E-state index in [2.05, 4.69) is 15.3 Å². The molecular weight excluding hydrogens is 314 g/mol. The van der Waals surface area contributed by atoms with Gasteiger partial charge in [-0.25, -0.2) is 13.9 Å². The third-order valence-corrected chi connectivity index (χ3v) is 3.06. The molecule has 9 heteroatoms. The highest BCUT2D eigenvalue weighted by Crippen LogP contribution is 2.20. The van der Waals surface area contributed by atoms with Gasteiger partial charge in [0.05, 0.1) is 19.9 Å². The molecule has 0 aliphatic rings. The summed E-state index contributed by atoms with van der Waals surface area (Å²) in [7, 11) is 3.13. The van der Waals surface area contributed by atoms with Crippen molar-refractivity contribution in [2.45, 2.75) is 13.0 Å². The Labute approximate surface area is 130 Å². The molecule has 1 N–H and O–H groups in total. The van der Waals surface area contributed by atoms with Crippen LogP contribution in [-0.2, 0) is 11.3 Å². The number of alkyl halides is 2. The molecule has 2 rings (SSSR count). The van der Waals surface area contributed by atoms with Gasteiger partial charge < -0.3 is 9.47 Å². The van der Waals surface area contributed by atoms with Crippen LogP contribution >= 0.6 is 12.2 Å². The SMILES string of the molecule is COCc1cc(C=Nn2c(C(F)F)n[nH]c2=S)ccc1OC. The predicted molar refractivity (Wildman–Crippen MR) is 79.1 cm³/mol. The molecule has 1 aromatic carbocycles. The molecule has 0 saturated heterocycles. The maximum absolute atomic E-state index is 12.8. The zero-order valence-corrected chi connectivity index (χ0v) is 12.7. The summed E-state index contributed by atoms with van der Waals surface area (Å²) in [4.78, 5) is 0. The maximum Gasteiger partial charge on any atom is 0.299 e. The molecule has 118 valence electrons. The molecule has 0 unspecified atom stereocenters. The molecule has 2 aromatic rings. The van der Waals surface area contributed by atoms with Crippen molar-refractivity contribution in [3.63, 3.8) is 0 Å². The average molecular weight is 328 g/mol. The smallest absolute Gasteiger partial charge is 0.299 e. The van der Waals surface area contributed by atoms with E-state index in [1.807, 2.05) is 0 Å². The Hall–Kier alpha value is -2.13. The fourth-order valence-corrected chi connectivity index (χ4v) is 2.01. The van der Waals surface area contributed by atoms with Gasteiger partial charge in [0, 0.05) is 12.7 Å². The van der Waals surface area contributed by atoms with Crippen molar-refractivity contribution in [1.29, 1.82) is 0 Å². The van der Waals surface area contributed by atoms with Gasteiger partial charge in [-0.05, 0) is 36.0 Å². The minimum absolute atomic E-state index is 0.00261.